The summed E-state index contributed by atoms with van der Waals surface area (Å²) in [6.45, 7) is 1.96. The maximum Gasteiger partial charge on any atom is 0.0709 e. The van der Waals surface area contributed by atoms with Crippen molar-refractivity contribution in [2.45, 2.75) is 19.4 Å². The van der Waals surface area contributed by atoms with Gasteiger partial charge in [0.25, 0.3) is 0 Å². The van der Waals surface area contributed by atoms with Crippen molar-refractivity contribution in [1.29, 1.82) is 0 Å². The molecule has 1 aromatic rings. The number of hydrogen-bond donors (Lipinski definition) is 1. The minimum Gasteiger partial charge on any atom is -0.392 e. The van der Waals surface area contributed by atoms with E-state index in [-0.39, 0.29) is 5.92 Å². The van der Waals surface area contributed by atoms with Crippen molar-refractivity contribution in [1.82, 2.24) is 0 Å². The third kappa shape index (κ3) is 4.01. The molecule has 1 aromatic carbocycles. The van der Waals surface area contributed by atoms with Gasteiger partial charge in [-0.3, -0.25) is 0 Å². The predicted octanol–water partition coefficient (Wildman–Crippen LogP) is 2.72. The van der Waals surface area contributed by atoms with Gasteiger partial charge in [-0.2, -0.15) is 0 Å². The van der Waals surface area contributed by atoms with Crippen LogP contribution in [-0.4, -0.2) is 11.2 Å². The quantitative estimate of drug-likeness (QED) is 0.741. The van der Waals surface area contributed by atoms with Crippen LogP contribution in [0.3, 0.4) is 0 Å². The Morgan fingerprint density at radius 2 is 2.07 bits per heavy atom. The zero-order chi connectivity index (χ0) is 11.1. The van der Waals surface area contributed by atoms with Crippen LogP contribution >= 0.6 is 0 Å². The highest BCUT2D eigenvalue weighted by molar-refractivity contribution is 5.48. The second-order valence-corrected chi connectivity index (χ2v) is 3.60. The summed E-state index contributed by atoms with van der Waals surface area (Å²) in [7, 11) is 0. The van der Waals surface area contributed by atoms with Gasteiger partial charge in [-0.05, 0) is 5.56 Å². The highest BCUT2D eigenvalue weighted by Crippen LogP contribution is 2.11. The number of rotatable bonds is 4. The largest absolute Gasteiger partial charge is 0.392 e. The third-order valence-corrected chi connectivity index (χ3v) is 2.33. The molecule has 1 nitrogen and oxygen atoms in total. The molecule has 1 N–H and O–H groups in total. The van der Waals surface area contributed by atoms with Crippen LogP contribution in [0.4, 0.5) is 0 Å². The first-order valence-corrected chi connectivity index (χ1v) is 5.09. The lowest BCUT2D eigenvalue weighted by Gasteiger charge is -2.11. The van der Waals surface area contributed by atoms with E-state index in [1.165, 1.54) is 0 Å². The van der Waals surface area contributed by atoms with Crippen LogP contribution in [0.1, 0.15) is 18.9 Å². The monoisotopic (exact) mass is 200 g/mol. The van der Waals surface area contributed by atoms with E-state index >= 15 is 0 Å². The minimum atomic E-state index is -0.449. The van der Waals surface area contributed by atoms with E-state index in [1.54, 1.807) is 0 Å². The van der Waals surface area contributed by atoms with Crippen molar-refractivity contribution in [2.75, 3.05) is 0 Å². The first-order valence-electron chi connectivity index (χ1n) is 5.09. The molecule has 0 aliphatic rings. The standard InChI is InChI=1S/C14H16O/c1-3-7-14(15)12(2)10-11-13-8-5-4-6-9-13/h1,4-6,8-12,14-15H,7H2,2H3/b11-10+. The molecule has 15 heavy (non-hydrogen) atoms. The molecule has 1 rings (SSSR count). The number of aliphatic hydroxyl groups is 1. The van der Waals surface area contributed by atoms with Crippen molar-refractivity contribution in [2.24, 2.45) is 5.92 Å². The third-order valence-electron chi connectivity index (χ3n) is 2.33. The van der Waals surface area contributed by atoms with Gasteiger partial charge in [0.2, 0.25) is 0 Å². The van der Waals surface area contributed by atoms with E-state index in [1.807, 2.05) is 49.4 Å². The molecule has 0 aliphatic carbocycles. The predicted molar refractivity (Wildman–Crippen MR) is 64.1 cm³/mol. The molecular weight excluding hydrogens is 184 g/mol. The molecule has 0 amide bonds. The molecular formula is C14H16O. The average Bonchev–Trinajstić information content (AvgIpc) is 2.27. The van der Waals surface area contributed by atoms with Gasteiger partial charge in [0, 0.05) is 12.3 Å². The van der Waals surface area contributed by atoms with Gasteiger partial charge >= 0.3 is 0 Å². The summed E-state index contributed by atoms with van der Waals surface area (Å²) in [4.78, 5) is 0. The van der Waals surface area contributed by atoms with E-state index in [0.717, 1.165) is 5.56 Å². The van der Waals surface area contributed by atoms with Crippen molar-refractivity contribution in [3.05, 3.63) is 42.0 Å². The Kier molecular flexibility index (Phi) is 4.66. The number of aliphatic hydroxyl groups excluding tert-OH is 1. The van der Waals surface area contributed by atoms with E-state index in [4.69, 9.17) is 6.42 Å². The number of terminal acetylenes is 1. The van der Waals surface area contributed by atoms with Crippen molar-refractivity contribution < 1.29 is 5.11 Å². The van der Waals surface area contributed by atoms with Gasteiger partial charge in [0.1, 0.15) is 0 Å². The highest BCUT2D eigenvalue weighted by atomic mass is 16.3. The maximum absolute atomic E-state index is 9.60. The van der Waals surface area contributed by atoms with Crippen molar-refractivity contribution >= 4 is 6.08 Å². The summed E-state index contributed by atoms with van der Waals surface area (Å²) in [5.74, 6) is 2.55. The smallest absolute Gasteiger partial charge is 0.0709 e. The minimum absolute atomic E-state index is 0.0845. The zero-order valence-corrected chi connectivity index (χ0v) is 8.93. The number of hydrogen-bond acceptors (Lipinski definition) is 1. The molecule has 0 saturated carbocycles. The Morgan fingerprint density at radius 3 is 2.67 bits per heavy atom. The molecule has 0 bridgehead atoms. The first kappa shape index (κ1) is 11.6. The van der Waals surface area contributed by atoms with Crippen molar-refractivity contribution in [3.63, 3.8) is 0 Å². The lowest BCUT2D eigenvalue weighted by Crippen LogP contribution is -2.14. The van der Waals surface area contributed by atoms with Crippen LogP contribution < -0.4 is 0 Å². The molecule has 0 radical (unpaired) electrons. The molecule has 2 unspecified atom stereocenters. The Labute approximate surface area is 91.5 Å². The van der Waals surface area contributed by atoms with Crippen LogP contribution in [0.2, 0.25) is 0 Å². The van der Waals surface area contributed by atoms with Gasteiger partial charge in [0.15, 0.2) is 0 Å². The zero-order valence-electron chi connectivity index (χ0n) is 8.93. The summed E-state index contributed by atoms with van der Waals surface area (Å²) in [5.41, 5.74) is 1.14. The lowest BCUT2D eigenvalue weighted by molar-refractivity contribution is 0.143. The fraction of sp³-hybridized carbons (Fsp3) is 0.286. The van der Waals surface area contributed by atoms with Gasteiger partial charge in [-0.25, -0.2) is 0 Å². The van der Waals surface area contributed by atoms with Gasteiger partial charge in [-0.15, -0.1) is 12.3 Å². The van der Waals surface area contributed by atoms with Crippen LogP contribution in [-0.2, 0) is 0 Å². The summed E-state index contributed by atoms with van der Waals surface area (Å²) >= 11 is 0. The fourth-order valence-corrected chi connectivity index (χ4v) is 1.26. The number of benzene rings is 1. The van der Waals surface area contributed by atoms with E-state index < -0.39 is 6.10 Å². The van der Waals surface area contributed by atoms with Crippen LogP contribution in [0.5, 0.6) is 0 Å². The molecule has 0 aliphatic heterocycles. The van der Waals surface area contributed by atoms with Crippen molar-refractivity contribution in [3.8, 4) is 12.3 Å². The van der Waals surface area contributed by atoms with Crippen LogP contribution in [0.25, 0.3) is 6.08 Å². The van der Waals surface area contributed by atoms with E-state index in [0.29, 0.717) is 6.42 Å². The SMILES string of the molecule is C#CCC(O)C(C)/C=C/c1ccccc1. The lowest BCUT2D eigenvalue weighted by atomic mass is 10.0. The van der Waals surface area contributed by atoms with Gasteiger partial charge < -0.3 is 5.11 Å². The summed E-state index contributed by atoms with van der Waals surface area (Å²) in [5, 5.41) is 9.60. The van der Waals surface area contributed by atoms with Gasteiger partial charge in [-0.1, -0.05) is 49.4 Å². The fourth-order valence-electron chi connectivity index (χ4n) is 1.26. The molecule has 0 fully saturated rings. The first-order chi connectivity index (χ1) is 7.24. The maximum atomic E-state index is 9.60. The molecule has 1 heteroatoms. The Balaban J connectivity index is 2.55. The molecule has 2 atom stereocenters. The second kappa shape index (κ2) is 6.06. The normalized spacial score (nSPS) is 14.7. The average molecular weight is 200 g/mol. The molecule has 0 aromatic heterocycles. The summed E-state index contributed by atoms with van der Waals surface area (Å²) in [6, 6.07) is 10.0. The molecule has 78 valence electrons. The molecule has 0 spiro atoms. The topological polar surface area (TPSA) is 20.2 Å². The summed E-state index contributed by atoms with van der Waals surface area (Å²) in [6.07, 6.45) is 9.08. The molecule has 0 saturated heterocycles. The summed E-state index contributed by atoms with van der Waals surface area (Å²) < 4.78 is 0. The Morgan fingerprint density at radius 1 is 1.40 bits per heavy atom. The van der Waals surface area contributed by atoms with E-state index in [9.17, 15) is 5.11 Å². The van der Waals surface area contributed by atoms with Crippen LogP contribution in [0, 0.1) is 18.3 Å². The highest BCUT2D eigenvalue weighted by Gasteiger charge is 2.08. The van der Waals surface area contributed by atoms with Gasteiger partial charge in [0.05, 0.1) is 6.10 Å². The van der Waals surface area contributed by atoms with Crippen LogP contribution in [0.15, 0.2) is 36.4 Å². The second-order valence-electron chi connectivity index (χ2n) is 3.60. The Hall–Kier alpha value is -1.52. The molecule has 0 heterocycles. The van der Waals surface area contributed by atoms with E-state index in [2.05, 4.69) is 5.92 Å². The Bertz CT molecular complexity index is 345.